The van der Waals surface area contributed by atoms with Gasteiger partial charge in [-0.15, -0.1) is 0 Å². The van der Waals surface area contributed by atoms with E-state index in [1.54, 1.807) is 4.68 Å². The van der Waals surface area contributed by atoms with Gasteiger partial charge in [0.1, 0.15) is 6.04 Å². The van der Waals surface area contributed by atoms with Crippen molar-refractivity contribution in [2.24, 2.45) is 0 Å². The van der Waals surface area contributed by atoms with Crippen molar-refractivity contribution in [3.05, 3.63) is 74.2 Å². The minimum absolute atomic E-state index is 0.295. The molecule has 0 fully saturated rings. The summed E-state index contributed by atoms with van der Waals surface area (Å²) in [5, 5.41) is 16.2. The van der Waals surface area contributed by atoms with Crippen LogP contribution in [0.2, 0.25) is 10.0 Å². The number of fused-ring (bicyclic) bond motifs is 1. The number of nitrogens with one attached hydrogen (secondary N) is 1. The maximum absolute atomic E-state index is 6.39. The van der Waals surface area contributed by atoms with E-state index in [1.807, 2.05) is 48.5 Å². The summed E-state index contributed by atoms with van der Waals surface area (Å²) in [5.74, 6) is 0.538. The Balaban J connectivity index is 1.87. The third-order valence-corrected chi connectivity index (χ3v) is 4.97. The third kappa shape index (κ3) is 2.70. The molecule has 2 aromatic carbocycles. The molecule has 0 saturated heterocycles. The molecule has 0 saturated carbocycles. The maximum Gasteiger partial charge on any atom is 0.248 e. The van der Waals surface area contributed by atoms with Crippen molar-refractivity contribution in [2.75, 3.05) is 5.32 Å². The number of allylic oxidation sites excluding steroid dienone is 1. The largest absolute Gasteiger partial charge is 0.323 e. The first kappa shape index (κ1) is 15.6. The molecule has 1 N–H and O–H groups in total. The quantitative estimate of drug-likeness (QED) is 0.644. The first-order valence-corrected chi connectivity index (χ1v) is 8.65. The van der Waals surface area contributed by atoms with Gasteiger partial charge < -0.3 is 5.32 Å². The number of rotatable bonds is 2. The second kappa shape index (κ2) is 6.20. The van der Waals surface area contributed by atoms with Gasteiger partial charge in [0.05, 0.1) is 0 Å². The molecule has 0 bridgehead atoms. The van der Waals surface area contributed by atoms with E-state index in [4.69, 9.17) is 23.2 Å². The summed E-state index contributed by atoms with van der Waals surface area (Å²) >= 11 is 16.2. The molecule has 2 heterocycles. The number of hydrogen-bond acceptors (Lipinski definition) is 4. The molecule has 0 amide bonds. The lowest BCUT2D eigenvalue weighted by Crippen LogP contribution is -2.20. The molecule has 3 aromatic rings. The van der Waals surface area contributed by atoms with E-state index in [0.717, 1.165) is 21.3 Å². The summed E-state index contributed by atoms with van der Waals surface area (Å²) in [6.07, 6.45) is 2.01. The zero-order chi connectivity index (χ0) is 16.7. The third-order valence-electron chi connectivity index (χ3n) is 3.78. The first-order chi connectivity index (χ1) is 11.6. The molecule has 8 heteroatoms. The van der Waals surface area contributed by atoms with Gasteiger partial charge in [-0.1, -0.05) is 62.4 Å². The molecular formula is C16H10BrCl2N5. The van der Waals surface area contributed by atoms with Crippen LogP contribution in [0.4, 0.5) is 5.95 Å². The monoisotopic (exact) mass is 421 g/mol. The van der Waals surface area contributed by atoms with Gasteiger partial charge in [-0.05, 0) is 46.3 Å². The fourth-order valence-electron chi connectivity index (χ4n) is 2.65. The van der Waals surface area contributed by atoms with E-state index >= 15 is 0 Å². The summed E-state index contributed by atoms with van der Waals surface area (Å²) in [5.41, 5.74) is 2.68. The van der Waals surface area contributed by atoms with Crippen LogP contribution < -0.4 is 5.32 Å². The predicted octanol–water partition coefficient (Wildman–Crippen LogP) is 4.80. The van der Waals surface area contributed by atoms with Gasteiger partial charge in [0.25, 0.3) is 0 Å². The number of benzene rings is 2. The SMILES string of the molecule is Clc1cccc(Cl)c1C1C=C(c2ccc(Br)cc2)Nc2nnnn21. The van der Waals surface area contributed by atoms with E-state index in [1.165, 1.54) is 0 Å². The van der Waals surface area contributed by atoms with Gasteiger partial charge >= 0.3 is 0 Å². The Hall–Kier alpha value is -1.89. The lowest BCUT2D eigenvalue weighted by atomic mass is 10.0. The number of tetrazole rings is 1. The van der Waals surface area contributed by atoms with Crippen molar-refractivity contribution in [2.45, 2.75) is 6.04 Å². The van der Waals surface area contributed by atoms with E-state index in [2.05, 4.69) is 36.8 Å². The maximum atomic E-state index is 6.39. The number of aromatic nitrogens is 4. The minimum atomic E-state index is -0.295. The Kier molecular flexibility index (Phi) is 4.04. The molecule has 1 aliphatic rings. The van der Waals surface area contributed by atoms with Crippen LogP contribution in [-0.2, 0) is 0 Å². The van der Waals surface area contributed by atoms with Crippen LogP contribution in [0.3, 0.4) is 0 Å². The number of anilines is 1. The second-order valence-corrected chi connectivity index (χ2v) is 6.97. The summed E-state index contributed by atoms with van der Waals surface area (Å²) < 4.78 is 2.67. The summed E-state index contributed by atoms with van der Waals surface area (Å²) in [4.78, 5) is 0. The Morgan fingerprint density at radius 1 is 1.04 bits per heavy atom. The molecule has 0 radical (unpaired) electrons. The fourth-order valence-corrected chi connectivity index (χ4v) is 3.54. The highest BCUT2D eigenvalue weighted by molar-refractivity contribution is 9.10. The van der Waals surface area contributed by atoms with Crippen molar-refractivity contribution >= 4 is 50.8 Å². The Bertz CT molecular complexity index is 916. The van der Waals surface area contributed by atoms with Crippen molar-refractivity contribution in [1.29, 1.82) is 0 Å². The number of halogens is 3. The van der Waals surface area contributed by atoms with Crippen LogP contribution in [-0.4, -0.2) is 20.2 Å². The zero-order valence-electron chi connectivity index (χ0n) is 12.1. The molecule has 1 atom stereocenters. The van der Waals surface area contributed by atoms with E-state index in [9.17, 15) is 0 Å². The van der Waals surface area contributed by atoms with E-state index in [-0.39, 0.29) is 6.04 Å². The van der Waals surface area contributed by atoms with Gasteiger partial charge in [-0.3, -0.25) is 0 Å². The van der Waals surface area contributed by atoms with Crippen LogP contribution in [0, 0.1) is 0 Å². The van der Waals surface area contributed by atoms with Crippen LogP contribution in [0.5, 0.6) is 0 Å². The molecule has 1 aromatic heterocycles. The van der Waals surface area contributed by atoms with Gasteiger partial charge in [0.15, 0.2) is 0 Å². The summed E-state index contributed by atoms with van der Waals surface area (Å²) in [7, 11) is 0. The van der Waals surface area contributed by atoms with Crippen LogP contribution in [0.1, 0.15) is 17.2 Å². The zero-order valence-corrected chi connectivity index (χ0v) is 15.2. The number of hydrogen-bond donors (Lipinski definition) is 1. The molecule has 0 spiro atoms. The average Bonchev–Trinajstić information content (AvgIpc) is 3.04. The van der Waals surface area contributed by atoms with Crippen molar-refractivity contribution in [3.63, 3.8) is 0 Å². The Morgan fingerprint density at radius 2 is 1.75 bits per heavy atom. The molecule has 4 rings (SSSR count). The molecule has 120 valence electrons. The molecule has 1 unspecified atom stereocenters. The summed E-state index contributed by atoms with van der Waals surface area (Å²) in [6, 6.07) is 13.1. The molecular weight excluding hydrogens is 413 g/mol. The lowest BCUT2D eigenvalue weighted by Gasteiger charge is -2.24. The Morgan fingerprint density at radius 3 is 2.46 bits per heavy atom. The lowest BCUT2D eigenvalue weighted by molar-refractivity contribution is 0.586. The highest BCUT2D eigenvalue weighted by atomic mass is 79.9. The minimum Gasteiger partial charge on any atom is -0.323 e. The van der Waals surface area contributed by atoms with Gasteiger partial charge in [-0.25, -0.2) is 0 Å². The van der Waals surface area contributed by atoms with Crippen molar-refractivity contribution in [1.82, 2.24) is 20.2 Å². The van der Waals surface area contributed by atoms with Crippen LogP contribution in [0.15, 0.2) is 53.0 Å². The van der Waals surface area contributed by atoms with Crippen molar-refractivity contribution < 1.29 is 0 Å². The van der Waals surface area contributed by atoms with Crippen LogP contribution >= 0.6 is 39.1 Å². The van der Waals surface area contributed by atoms with E-state index in [0.29, 0.717) is 16.0 Å². The van der Waals surface area contributed by atoms with E-state index < -0.39 is 0 Å². The number of nitrogens with zero attached hydrogens (tertiary/aromatic N) is 4. The van der Waals surface area contributed by atoms with Gasteiger partial charge in [-0.2, -0.15) is 4.68 Å². The fraction of sp³-hybridized carbons (Fsp3) is 0.0625. The van der Waals surface area contributed by atoms with Gasteiger partial charge in [0, 0.05) is 25.8 Å². The average molecular weight is 423 g/mol. The Labute approximate surface area is 156 Å². The van der Waals surface area contributed by atoms with Gasteiger partial charge in [0.2, 0.25) is 5.95 Å². The summed E-state index contributed by atoms with van der Waals surface area (Å²) in [6.45, 7) is 0. The predicted molar refractivity (Wildman–Crippen MR) is 98.2 cm³/mol. The first-order valence-electron chi connectivity index (χ1n) is 7.10. The standard InChI is InChI=1S/C16H10BrCl2N5/c17-10-6-4-9(5-7-10)13-8-14(24-16(20-13)21-22-23-24)15-11(18)2-1-3-12(15)19/h1-8,14H,(H,20,21,23). The molecule has 5 nitrogen and oxygen atoms in total. The van der Waals surface area contributed by atoms with Crippen LogP contribution in [0.25, 0.3) is 5.70 Å². The topological polar surface area (TPSA) is 55.6 Å². The normalized spacial score (nSPS) is 16.3. The molecule has 1 aliphatic heterocycles. The van der Waals surface area contributed by atoms with Crippen molar-refractivity contribution in [3.8, 4) is 0 Å². The highest BCUT2D eigenvalue weighted by Crippen LogP contribution is 2.38. The second-order valence-electron chi connectivity index (χ2n) is 5.24. The highest BCUT2D eigenvalue weighted by Gasteiger charge is 2.27. The smallest absolute Gasteiger partial charge is 0.248 e. The molecule has 24 heavy (non-hydrogen) atoms. The molecule has 0 aliphatic carbocycles.